The molecule has 0 heterocycles. The van der Waals surface area contributed by atoms with Crippen molar-refractivity contribution in [2.75, 3.05) is 0 Å². The van der Waals surface area contributed by atoms with Crippen molar-refractivity contribution in [2.45, 2.75) is 52.4 Å². The molecule has 2 N–H and O–H groups in total. The maximum absolute atomic E-state index is 9.37. The normalized spacial score (nSPS) is 10.7. The van der Waals surface area contributed by atoms with Gasteiger partial charge in [-0.1, -0.05) is 76.6 Å². The number of hydrogen-bond acceptors (Lipinski definition) is 2. The van der Waals surface area contributed by atoms with Crippen molar-refractivity contribution >= 4 is 0 Å². The molecule has 22 heavy (non-hydrogen) atoms. The van der Waals surface area contributed by atoms with Gasteiger partial charge in [-0.3, -0.25) is 0 Å². The third-order valence-corrected chi connectivity index (χ3v) is 3.54. The Bertz CT molecular complexity index is 554. The van der Waals surface area contributed by atoms with Gasteiger partial charge < -0.3 is 10.2 Å². The Morgan fingerprint density at radius 2 is 1.50 bits per heavy atom. The molecule has 0 unspecified atom stereocenters. The van der Waals surface area contributed by atoms with Crippen molar-refractivity contribution < 1.29 is 10.2 Å². The third kappa shape index (κ3) is 5.80. The molecule has 0 radical (unpaired) electrons. The summed E-state index contributed by atoms with van der Waals surface area (Å²) in [6.45, 7) is 8.77. The number of hydrogen-bond donors (Lipinski definition) is 2. The van der Waals surface area contributed by atoms with Crippen LogP contribution in [-0.4, -0.2) is 10.2 Å². The van der Waals surface area contributed by atoms with Crippen LogP contribution in [0.2, 0.25) is 0 Å². The number of rotatable bonds is 3. The first-order chi connectivity index (χ1) is 10.4. The fourth-order valence-corrected chi connectivity index (χ4v) is 2.08. The van der Waals surface area contributed by atoms with E-state index >= 15 is 0 Å². The molecule has 0 saturated heterocycles. The van der Waals surface area contributed by atoms with E-state index in [1.807, 2.05) is 6.07 Å². The maximum Gasteiger partial charge on any atom is 0.160 e. The van der Waals surface area contributed by atoms with Crippen molar-refractivity contribution in [2.24, 2.45) is 0 Å². The first-order valence-corrected chi connectivity index (χ1v) is 7.91. The van der Waals surface area contributed by atoms with Crippen LogP contribution >= 0.6 is 0 Å². The van der Waals surface area contributed by atoms with Gasteiger partial charge in [0.2, 0.25) is 0 Å². The minimum absolute atomic E-state index is 0.0244. The van der Waals surface area contributed by atoms with Gasteiger partial charge in [0, 0.05) is 0 Å². The minimum atomic E-state index is -0.0244. The first kappa shape index (κ1) is 18.1. The predicted molar refractivity (Wildman–Crippen MR) is 93.5 cm³/mol. The number of para-hydroxylation sites is 1. The van der Waals surface area contributed by atoms with Gasteiger partial charge in [0.05, 0.1) is 0 Å². The van der Waals surface area contributed by atoms with Crippen molar-refractivity contribution in [3.05, 3.63) is 59.7 Å². The number of benzene rings is 2. The second kappa shape index (κ2) is 8.47. The Hall–Kier alpha value is -1.96. The third-order valence-electron chi connectivity index (χ3n) is 3.54. The number of aryl methyl sites for hydroxylation is 1. The average Bonchev–Trinajstić information content (AvgIpc) is 2.49. The highest BCUT2D eigenvalue weighted by molar-refractivity contribution is 5.44. The van der Waals surface area contributed by atoms with Crippen LogP contribution in [0.25, 0.3) is 0 Å². The topological polar surface area (TPSA) is 40.5 Å². The highest BCUT2D eigenvalue weighted by Crippen LogP contribution is 2.29. The van der Waals surface area contributed by atoms with Gasteiger partial charge in [0.1, 0.15) is 0 Å². The van der Waals surface area contributed by atoms with E-state index in [1.165, 1.54) is 11.6 Å². The van der Waals surface area contributed by atoms with Crippen LogP contribution in [0.3, 0.4) is 0 Å². The number of phenols is 2. The summed E-state index contributed by atoms with van der Waals surface area (Å²) in [4.78, 5) is 0. The fraction of sp³-hybridized carbons (Fsp3) is 0.400. The first-order valence-electron chi connectivity index (χ1n) is 7.91. The predicted octanol–water partition coefficient (Wildman–Crippen LogP) is 5.42. The summed E-state index contributed by atoms with van der Waals surface area (Å²) in [7, 11) is 0. The van der Waals surface area contributed by atoms with E-state index in [0.717, 1.165) is 24.8 Å². The summed E-state index contributed by atoms with van der Waals surface area (Å²) >= 11 is 0. The second-order valence-corrected chi connectivity index (χ2v) is 6.50. The molecule has 2 nitrogen and oxygen atoms in total. The van der Waals surface area contributed by atoms with Crippen LogP contribution in [0.4, 0.5) is 0 Å². The van der Waals surface area contributed by atoms with E-state index in [-0.39, 0.29) is 11.5 Å². The lowest BCUT2D eigenvalue weighted by Crippen LogP contribution is -2.10. The van der Waals surface area contributed by atoms with E-state index in [0.29, 0.717) is 5.41 Å². The molecular formula is C20H28O2. The Kier molecular flexibility index (Phi) is 6.97. The largest absolute Gasteiger partial charge is 0.504 e. The average molecular weight is 300 g/mol. The van der Waals surface area contributed by atoms with Crippen LogP contribution in [0.5, 0.6) is 11.5 Å². The van der Waals surface area contributed by atoms with E-state index in [1.54, 1.807) is 6.07 Å². The van der Waals surface area contributed by atoms with Gasteiger partial charge in [-0.15, -0.1) is 0 Å². The zero-order chi connectivity index (χ0) is 16.6. The van der Waals surface area contributed by atoms with Crippen molar-refractivity contribution in [1.82, 2.24) is 0 Å². The Balaban J connectivity index is 0.000000224. The highest BCUT2D eigenvalue weighted by atomic mass is 16.3. The molecule has 0 bridgehead atoms. The fourth-order valence-electron chi connectivity index (χ4n) is 2.08. The lowest BCUT2D eigenvalue weighted by Gasteiger charge is -2.18. The molecule has 0 aliphatic rings. The van der Waals surface area contributed by atoms with Crippen LogP contribution in [-0.2, 0) is 11.8 Å². The summed E-state index contributed by atoms with van der Waals surface area (Å²) in [5, 5.41) is 18.5. The van der Waals surface area contributed by atoms with E-state index in [2.05, 4.69) is 58.0 Å². The quantitative estimate of drug-likeness (QED) is 0.743. The summed E-state index contributed by atoms with van der Waals surface area (Å²) in [5.41, 5.74) is 2.52. The van der Waals surface area contributed by atoms with E-state index in [9.17, 15) is 5.11 Å². The summed E-state index contributed by atoms with van der Waals surface area (Å²) < 4.78 is 0. The van der Waals surface area contributed by atoms with Crippen LogP contribution in [0.1, 0.15) is 51.7 Å². The van der Waals surface area contributed by atoms with Crippen molar-refractivity contribution in [3.63, 3.8) is 0 Å². The van der Waals surface area contributed by atoms with Crippen LogP contribution in [0.15, 0.2) is 48.5 Å². The van der Waals surface area contributed by atoms with Crippen molar-refractivity contribution in [3.8, 4) is 11.5 Å². The lowest BCUT2D eigenvalue weighted by atomic mass is 9.87. The smallest absolute Gasteiger partial charge is 0.160 e. The van der Waals surface area contributed by atoms with Gasteiger partial charge in [-0.25, -0.2) is 0 Å². The molecule has 0 spiro atoms. The molecule has 2 aromatic rings. The van der Waals surface area contributed by atoms with Gasteiger partial charge in [-0.05, 0) is 35.4 Å². The van der Waals surface area contributed by atoms with E-state index in [4.69, 9.17) is 5.11 Å². The lowest BCUT2D eigenvalue weighted by molar-refractivity contribution is 0.399. The molecule has 0 amide bonds. The maximum atomic E-state index is 9.37. The molecular weight excluding hydrogens is 272 g/mol. The standard InChI is InChI=1S/C10H14O2.C10H14/c1-2-3-5-8-6-4-7-9(11)10(8)12;1-10(2,3)9-7-5-4-6-8-9/h4,6-7,11-12H,2-3,5H2,1H3;4-8H,1-3H3. The van der Waals surface area contributed by atoms with Gasteiger partial charge in [0.15, 0.2) is 11.5 Å². The second-order valence-electron chi connectivity index (χ2n) is 6.50. The molecule has 2 heteroatoms. The van der Waals surface area contributed by atoms with Crippen molar-refractivity contribution in [1.29, 1.82) is 0 Å². The zero-order valence-electron chi connectivity index (χ0n) is 14.1. The highest BCUT2D eigenvalue weighted by Gasteiger charge is 2.11. The number of aromatic hydroxyl groups is 2. The summed E-state index contributed by atoms with van der Waals surface area (Å²) in [6, 6.07) is 15.6. The Morgan fingerprint density at radius 1 is 0.864 bits per heavy atom. The van der Waals surface area contributed by atoms with Gasteiger partial charge in [-0.2, -0.15) is 0 Å². The monoisotopic (exact) mass is 300 g/mol. The van der Waals surface area contributed by atoms with Crippen LogP contribution < -0.4 is 0 Å². The molecule has 2 rings (SSSR count). The summed E-state index contributed by atoms with van der Waals surface area (Å²) in [5.74, 6) is 0.00885. The van der Waals surface area contributed by atoms with Crippen LogP contribution in [0, 0.1) is 0 Å². The molecule has 2 aromatic carbocycles. The SMILES string of the molecule is CC(C)(C)c1ccccc1.CCCCc1cccc(O)c1O. The molecule has 0 aliphatic carbocycles. The van der Waals surface area contributed by atoms with E-state index < -0.39 is 0 Å². The molecule has 0 saturated carbocycles. The van der Waals surface area contributed by atoms with Gasteiger partial charge >= 0.3 is 0 Å². The zero-order valence-corrected chi connectivity index (χ0v) is 14.1. The number of phenolic OH excluding ortho intramolecular Hbond substituents is 2. The molecule has 0 atom stereocenters. The molecule has 0 aromatic heterocycles. The molecule has 0 aliphatic heterocycles. The Morgan fingerprint density at radius 3 is 2.00 bits per heavy atom. The minimum Gasteiger partial charge on any atom is -0.504 e. The summed E-state index contributed by atoms with van der Waals surface area (Å²) in [6.07, 6.45) is 2.96. The molecule has 120 valence electrons. The van der Waals surface area contributed by atoms with Gasteiger partial charge in [0.25, 0.3) is 0 Å². The Labute approximate surface area is 134 Å². The molecule has 0 fully saturated rings. The number of unbranched alkanes of at least 4 members (excludes halogenated alkanes) is 1.